The smallest absolute Gasteiger partial charge is 0.139 e. The van der Waals surface area contributed by atoms with E-state index in [0.29, 0.717) is 11.0 Å². The fraction of sp³-hybridized carbons (Fsp3) is 0.167. The Morgan fingerprint density at radius 2 is 2.00 bits per heavy atom. The maximum atomic E-state index is 13.4. The zero-order valence-electron chi connectivity index (χ0n) is 9.24. The number of benzene rings is 1. The number of anilines is 1. The van der Waals surface area contributed by atoms with Gasteiger partial charge in [0, 0.05) is 30.2 Å². The van der Waals surface area contributed by atoms with Gasteiger partial charge in [-0.15, -0.1) is 0 Å². The molecule has 0 aliphatic rings. The SMILES string of the molecule is Cc1cc(Br)c(F)cc1NCc1cncnc1. The van der Waals surface area contributed by atoms with Gasteiger partial charge in [0.1, 0.15) is 12.1 Å². The largest absolute Gasteiger partial charge is 0.381 e. The molecule has 0 aliphatic heterocycles. The number of hydrogen-bond acceptors (Lipinski definition) is 3. The van der Waals surface area contributed by atoms with Crippen molar-refractivity contribution in [1.82, 2.24) is 9.97 Å². The summed E-state index contributed by atoms with van der Waals surface area (Å²) in [5.41, 5.74) is 2.71. The molecule has 2 aromatic rings. The Morgan fingerprint density at radius 3 is 2.71 bits per heavy atom. The zero-order chi connectivity index (χ0) is 12.3. The van der Waals surface area contributed by atoms with E-state index < -0.39 is 0 Å². The quantitative estimate of drug-likeness (QED) is 0.944. The zero-order valence-corrected chi connectivity index (χ0v) is 10.8. The van der Waals surface area contributed by atoms with Gasteiger partial charge in [-0.25, -0.2) is 14.4 Å². The highest BCUT2D eigenvalue weighted by atomic mass is 79.9. The fourth-order valence-corrected chi connectivity index (χ4v) is 1.91. The minimum absolute atomic E-state index is 0.276. The summed E-state index contributed by atoms with van der Waals surface area (Å²) in [5, 5.41) is 3.16. The predicted octanol–water partition coefficient (Wildman–Crippen LogP) is 3.30. The fourth-order valence-electron chi connectivity index (χ4n) is 1.46. The number of nitrogens with zero attached hydrogens (tertiary/aromatic N) is 2. The minimum Gasteiger partial charge on any atom is -0.381 e. The number of rotatable bonds is 3. The second-order valence-corrected chi connectivity index (χ2v) is 4.54. The van der Waals surface area contributed by atoms with Crippen molar-refractivity contribution in [3.63, 3.8) is 0 Å². The summed E-state index contributed by atoms with van der Waals surface area (Å²) >= 11 is 3.15. The first kappa shape index (κ1) is 12.0. The van der Waals surface area contributed by atoms with Crippen molar-refractivity contribution in [3.8, 4) is 0 Å². The van der Waals surface area contributed by atoms with Gasteiger partial charge in [0.05, 0.1) is 4.47 Å². The highest BCUT2D eigenvalue weighted by Gasteiger charge is 2.05. The number of aryl methyl sites for hydroxylation is 1. The van der Waals surface area contributed by atoms with Gasteiger partial charge in [-0.3, -0.25) is 0 Å². The van der Waals surface area contributed by atoms with Gasteiger partial charge in [0.2, 0.25) is 0 Å². The highest BCUT2D eigenvalue weighted by Crippen LogP contribution is 2.24. The Bertz CT molecular complexity index is 517. The van der Waals surface area contributed by atoms with Crippen molar-refractivity contribution in [2.45, 2.75) is 13.5 Å². The lowest BCUT2D eigenvalue weighted by molar-refractivity contribution is 0.621. The average molecular weight is 296 g/mol. The summed E-state index contributed by atoms with van der Waals surface area (Å²) in [4.78, 5) is 7.84. The molecule has 1 N–H and O–H groups in total. The van der Waals surface area contributed by atoms with Crippen LogP contribution in [0.2, 0.25) is 0 Å². The molecule has 0 unspecified atom stereocenters. The molecule has 0 bridgehead atoms. The summed E-state index contributed by atoms with van der Waals surface area (Å²) in [5.74, 6) is -0.276. The van der Waals surface area contributed by atoms with Crippen molar-refractivity contribution in [2.24, 2.45) is 0 Å². The molecule has 0 radical (unpaired) electrons. The van der Waals surface area contributed by atoms with E-state index in [2.05, 4.69) is 31.2 Å². The van der Waals surface area contributed by atoms with Crippen LogP contribution in [0.4, 0.5) is 10.1 Å². The molecular formula is C12H11BrFN3. The lowest BCUT2D eigenvalue weighted by Crippen LogP contribution is -2.02. The van der Waals surface area contributed by atoms with E-state index in [4.69, 9.17) is 0 Å². The van der Waals surface area contributed by atoms with E-state index in [0.717, 1.165) is 16.8 Å². The molecule has 17 heavy (non-hydrogen) atoms. The molecule has 0 saturated heterocycles. The number of hydrogen-bond donors (Lipinski definition) is 1. The Kier molecular flexibility index (Phi) is 3.68. The maximum absolute atomic E-state index is 13.4. The second-order valence-electron chi connectivity index (χ2n) is 3.68. The second kappa shape index (κ2) is 5.23. The third-order valence-corrected chi connectivity index (χ3v) is 2.97. The van der Waals surface area contributed by atoms with Crippen LogP contribution >= 0.6 is 15.9 Å². The van der Waals surface area contributed by atoms with E-state index in [-0.39, 0.29) is 5.82 Å². The standard InChI is InChI=1S/C12H11BrFN3/c1-8-2-10(13)11(14)3-12(8)17-6-9-4-15-7-16-5-9/h2-5,7,17H,6H2,1H3. The number of aromatic nitrogens is 2. The Balaban J connectivity index is 2.12. The molecule has 0 saturated carbocycles. The van der Waals surface area contributed by atoms with Crippen LogP contribution < -0.4 is 5.32 Å². The topological polar surface area (TPSA) is 37.8 Å². The van der Waals surface area contributed by atoms with E-state index in [1.807, 2.05) is 6.92 Å². The molecule has 3 nitrogen and oxygen atoms in total. The molecule has 0 spiro atoms. The van der Waals surface area contributed by atoms with Crippen LogP contribution in [0.15, 0.2) is 35.3 Å². The first-order chi connectivity index (χ1) is 8.16. The number of nitrogens with one attached hydrogen (secondary N) is 1. The Labute approximate surface area is 107 Å². The van der Waals surface area contributed by atoms with Crippen molar-refractivity contribution in [3.05, 3.63) is 52.3 Å². The molecule has 0 atom stereocenters. The van der Waals surface area contributed by atoms with Crippen molar-refractivity contribution in [1.29, 1.82) is 0 Å². The molecule has 5 heteroatoms. The van der Waals surface area contributed by atoms with Crippen LogP contribution in [0.3, 0.4) is 0 Å². The third-order valence-electron chi connectivity index (χ3n) is 2.36. The highest BCUT2D eigenvalue weighted by molar-refractivity contribution is 9.10. The van der Waals surface area contributed by atoms with Crippen LogP contribution in [0.25, 0.3) is 0 Å². The minimum atomic E-state index is -0.276. The van der Waals surface area contributed by atoms with Gasteiger partial charge >= 0.3 is 0 Å². The molecule has 1 heterocycles. The lowest BCUT2D eigenvalue weighted by atomic mass is 10.2. The number of halogens is 2. The summed E-state index contributed by atoms with van der Waals surface area (Å²) in [6.45, 7) is 2.50. The van der Waals surface area contributed by atoms with Crippen LogP contribution in [0, 0.1) is 12.7 Å². The van der Waals surface area contributed by atoms with Gasteiger partial charge in [0.15, 0.2) is 0 Å². The van der Waals surface area contributed by atoms with E-state index in [1.54, 1.807) is 18.5 Å². The van der Waals surface area contributed by atoms with E-state index >= 15 is 0 Å². The molecule has 1 aromatic carbocycles. The van der Waals surface area contributed by atoms with Crippen LogP contribution in [0.5, 0.6) is 0 Å². The average Bonchev–Trinajstić information content (AvgIpc) is 2.33. The van der Waals surface area contributed by atoms with Crippen molar-refractivity contribution in [2.75, 3.05) is 5.32 Å². The molecule has 0 fully saturated rings. The lowest BCUT2D eigenvalue weighted by Gasteiger charge is -2.10. The molecular weight excluding hydrogens is 285 g/mol. The summed E-state index contributed by atoms with van der Waals surface area (Å²) < 4.78 is 13.8. The van der Waals surface area contributed by atoms with Crippen molar-refractivity contribution < 1.29 is 4.39 Å². The molecule has 0 aliphatic carbocycles. The van der Waals surface area contributed by atoms with Crippen molar-refractivity contribution >= 4 is 21.6 Å². The van der Waals surface area contributed by atoms with Gasteiger partial charge in [-0.1, -0.05) is 0 Å². The molecule has 0 amide bonds. The van der Waals surface area contributed by atoms with Gasteiger partial charge in [-0.05, 0) is 40.5 Å². The first-order valence-electron chi connectivity index (χ1n) is 5.10. The summed E-state index contributed by atoms with van der Waals surface area (Å²) in [6.07, 6.45) is 4.93. The molecule has 1 aromatic heterocycles. The van der Waals surface area contributed by atoms with E-state index in [1.165, 1.54) is 12.4 Å². The van der Waals surface area contributed by atoms with Crippen LogP contribution in [-0.4, -0.2) is 9.97 Å². The van der Waals surface area contributed by atoms with E-state index in [9.17, 15) is 4.39 Å². The Hall–Kier alpha value is -1.49. The summed E-state index contributed by atoms with van der Waals surface area (Å²) in [6, 6.07) is 3.22. The summed E-state index contributed by atoms with van der Waals surface area (Å²) in [7, 11) is 0. The normalized spacial score (nSPS) is 10.3. The van der Waals surface area contributed by atoms with Gasteiger partial charge < -0.3 is 5.32 Å². The molecule has 88 valence electrons. The third kappa shape index (κ3) is 3.00. The first-order valence-corrected chi connectivity index (χ1v) is 5.89. The predicted molar refractivity (Wildman–Crippen MR) is 68.2 cm³/mol. The van der Waals surface area contributed by atoms with Gasteiger partial charge in [0.25, 0.3) is 0 Å². The van der Waals surface area contributed by atoms with Crippen LogP contribution in [0.1, 0.15) is 11.1 Å². The monoisotopic (exact) mass is 295 g/mol. The molecule has 2 rings (SSSR count). The van der Waals surface area contributed by atoms with Crippen LogP contribution in [-0.2, 0) is 6.54 Å². The van der Waals surface area contributed by atoms with Gasteiger partial charge in [-0.2, -0.15) is 0 Å². The maximum Gasteiger partial charge on any atom is 0.139 e. The Morgan fingerprint density at radius 1 is 1.29 bits per heavy atom.